The van der Waals surface area contributed by atoms with Crippen LogP contribution in [-0.2, 0) is 11.3 Å². The van der Waals surface area contributed by atoms with E-state index >= 15 is 0 Å². The molecule has 25 heavy (non-hydrogen) atoms. The maximum atomic E-state index is 11.5. The Labute approximate surface area is 145 Å². The third kappa shape index (κ3) is 3.80. The number of benzene rings is 2. The number of rotatable bonds is 6. The maximum Gasteiger partial charge on any atom is 0.337 e. The van der Waals surface area contributed by atoms with Crippen molar-refractivity contribution in [3.05, 3.63) is 59.9 Å². The standard InChI is InChI=1S/C19H20N2O4/c1-13-20-17-8-3-4-9-18(17)21(13)11-15(22)12-25-16-7-5-6-14(10-16)19(23)24-2/h3-10,15,22H,11-12H2,1-2H3/t15-/m0/s1. The second-order valence-electron chi connectivity index (χ2n) is 5.74. The number of aryl methyl sites for hydroxylation is 1. The predicted octanol–water partition coefficient (Wildman–Crippen LogP) is 2.57. The van der Waals surface area contributed by atoms with Crippen molar-refractivity contribution in [2.24, 2.45) is 0 Å². The van der Waals surface area contributed by atoms with E-state index in [0.29, 0.717) is 17.9 Å². The van der Waals surface area contributed by atoms with E-state index in [1.807, 2.05) is 35.8 Å². The van der Waals surface area contributed by atoms with Gasteiger partial charge >= 0.3 is 5.97 Å². The summed E-state index contributed by atoms with van der Waals surface area (Å²) in [5, 5.41) is 10.3. The van der Waals surface area contributed by atoms with Crippen LogP contribution in [-0.4, -0.2) is 40.4 Å². The lowest BCUT2D eigenvalue weighted by atomic mass is 10.2. The summed E-state index contributed by atoms with van der Waals surface area (Å²) >= 11 is 0. The number of fused-ring (bicyclic) bond motifs is 1. The quantitative estimate of drug-likeness (QED) is 0.698. The summed E-state index contributed by atoms with van der Waals surface area (Å²) in [6.07, 6.45) is -0.710. The number of esters is 1. The highest BCUT2D eigenvalue weighted by Crippen LogP contribution is 2.17. The normalized spacial score (nSPS) is 12.1. The van der Waals surface area contributed by atoms with Crippen molar-refractivity contribution in [1.29, 1.82) is 0 Å². The van der Waals surface area contributed by atoms with E-state index in [0.717, 1.165) is 16.9 Å². The molecule has 0 bridgehead atoms. The highest BCUT2D eigenvalue weighted by Gasteiger charge is 2.13. The maximum absolute atomic E-state index is 11.5. The topological polar surface area (TPSA) is 73.6 Å². The summed E-state index contributed by atoms with van der Waals surface area (Å²) in [6.45, 7) is 2.40. The lowest BCUT2D eigenvalue weighted by Crippen LogP contribution is -2.24. The van der Waals surface area contributed by atoms with E-state index in [2.05, 4.69) is 9.72 Å². The minimum Gasteiger partial charge on any atom is -0.491 e. The number of carbonyl (C=O) groups is 1. The van der Waals surface area contributed by atoms with Crippen molar-refractivity contribution in [3.8, 4) is 5.75 Å². The molecule has 0 amide bonds. The second kappa shape index (κ2) is 7.36. The highest BCUT2D eigenvalue weighted by molar-refractivity contribution is 5.89. The molecule has 1 heterocycles. The molecule has 0 fully saturated rings. The zero-order chi connectivity index (χ0) is 17.8. The zero-order valence-electron chi connectivity index (χ0n) is 14.2. The van der Waals surface area contributed by atoms with E-state index in [1.54, 1.807) is 24.3 Å². The van der Waals surface area contributed by atoms with Crippen molar-refractivity contribution in [3.63, 3.8) is 0 Å². The van der Waals surface area contributed by atoms with Crippen LogP contribution in [0.25, 0.3) is 11.0 Å². The molecule has 0 spiro atoms. The lowest BCUT2D eigenvalue weighted by molar-refractivity contribution is 0.0599. The van der Waals surface area contributed by atoms with Gasteiger partial charge in [-0.25, -0.2) is 9.78 Å². The van der Waals surface area contributed by atoms with Crippen LogP contribution in [0, 0.1) is 6.92 Å². The zero-order valence-corrected chi connectivity index (χ0v) is 14.2. The van der Waals surface area contributed by atoms with Crippen LogP contribution in [0.4, 0.5) is 0 Å². The largest absolute Gasteiger partial charge is 0.491 e. The molecule has 0 unspecified atom stereocenters. The third-order valence-electron chi connectivity index (χ3n) is 3.94. The van der Waals surface area contributed by atoms with Gasteiger partial charge in [0.15, 0.2) is 0 Å². The first-order chi connectivity index (χ1) is 12.1. The fourth-order valence-electron chi connectivity index (χ4n) is 2.71. The number of carbonyl (C=O) groups excluding carboxylic acids is 1. The molecule has 0 radical (unpaired) electrons. The van der Waals surface area contributed by atoms with Crippen LogP contribution in [0.2, 0.25) is 0 Å². The lowest BCUT2D eigenvalue weighted by Gasteiger charge is -2.15. The van der Waals surface area contributed by atoms with Crippen LogP contribution in [0.1, 0.15) is 16.2 Å². The van der Waals surface area contributed by atoms with Gasteiger partial charge in [0.1, 0.15) is 24.3 Å². The molecule has 1 aromatic heterocycles. The van der Waals surface area contributed by atoms with Crippen LogP contribution in [0.5, 0.6) is 5.75 Å². The van der Waals surface area contributed by atoms with Gasteiger partial charge in [0.2, 0.25) is 0 Å². The first kappa shape index (κ1) is 17.0. The Morgan fingerprint density at radius 1 is 1.24 bits per heavy atom. The third-order valence-corrected chi connectivity index (χ3v) is 3.94. The van der Waals surface area contributed by atoms with Crippen molar-refractivity contribution < 1.29 is 19.4 Å². The molecule has 0 aliphatic heterocycles. The molecule has 0 aliphatic carbocycles. The van der Waals surface area contributed by atoms with Gasteiger partial charge in [-0.3, -0.25) is 0 Å². The van der Waals surface area contributed by atoms with Crippen LogP contribution in [0.15, 0.2) is 48.5 Å². The Bertz CT molecular complexity index is 888. The first-order valence-corrected chi connectivity index (χ1v) is 7.99. The molecule has 6 heteroatoms. The summed E-state index contributed by atoms with van der Waals surface area (Å²) in [5.41, 5.74) is 2.29. The van der Waals surface area contributed by atoms with Gasteiger partial charge < -0.3 is 19.1 Å². The number of imidazole rings is 1. The monoisotopic (exact) mass is 340 g/mol. The Kier molecular flexibility index (Phi) is 5.00. The summed E-state index contributed by atoms with van der Waals surface area (Å²) in [4.78, 5) is 16.0. The van der Waals surface area contributed by atoms with Crippen LogP contribution >= 0.6 is 0 Å². The number of methoxy groups -OCH3 is 1. The molecule has 0 saturated heterocycles. The fourth-order valence-corrected chi connectivity index (χ4v) is 2.71. The Balaban J connectivity index is 1.66. The molecule has 3 rings (SSSR count). The predicted molar refractivity (Wildman–Crippen MR) is 93.8 cm³/mol. The number of hydrogen-bond acceptors (Lipinski definition) is 5. The van der Waals surface area contributed by atoms with Gasteiger partial charge in [0.05, 0.1) is 30.3 Å². The summed E-state index contributed by atoms with van der Waals surface area (Å²) in [6, 6.07) is 14.5. The highest BCUT2D eigenvalue weighted by atomic mass is 16.5. The molecule has 0 aliphatic rings. The van der Waals surface area contributed by atoms with E-state index in [-0.39, 0.29) is 6.61 Å². The second-order valence-corrected chi connectivity index (χ2v) is 5.74. The number of aliphatic hydroxyl groups is 1. The van der Waals surface area contributed by atoms with Crippen molar-refractivity contribution in [2.75, 3.05) is 13.7 Å². The molecule has 130 valence electrons. The van der Waals surface area contributed by atoms with E-state index < -0.39 is 12.1 Å². The van der Waals surface area contributed by atoms with Gasteiger partial charge in [-0.1, -0.05) is 18.2 Å². The Morgan fingerprint density at radius 2 is 2.04 bits per heavy atom. The minimum absolute atomic E-state index is 0.108. The Hall–Kier alpha value is -2.86. The molecular weight excluding hydrogens is 320 g/mol. The number of ether oxygens (including phenoxy) is 2. The van der Waals surface area contributed by atoms with Gasteiger partial charge in [-0.15, -0.1) is 0 Å². The summed E-state index contributed by atoms with van der Waals surface area (Å²) in [5.74, 6) is 0.925. The molecular formula is C19H20N2O4. The molecule has 2 aromatic carbocycles. The number of para-hydroxylation sites is 2. The van der Waals surface area contributed by atoms with Crippen LogP contribution < -0.4 is 4.74 Å². The average Bonchev–Trinajstić information content (AvgIpc) is 2.95. The number of aromatic nitrogens is 2. The van der Waals surface area contributed by atoms with E-state index in [1.165, 1.54) is 7.11 Å². The first-order valence-electron chi connectivity index (χ1n) is 7.99. The van der Waals surface area contributed by atoms with E-state index in [4.69, 9.17) is 4.74 Å². The van der Waals surface area contributed by atoms with Gasteiger partial charge in [0, 0.05) is 0 Å². The Morgan fingerprint density at radius 3 is 2.84 bits per heavy atom. The summed E-state index contributed by atoms with van der Waals surface area (Å²) in [7, 11) is 1.33. The number of aliphatic hydroxyl groups excluding tert-OH is 1. The van der Waals surface area contributed by atoms with Crippen molar-refractivity contribution >= 4 is 17.0 Å². The van der Waals surface area contributed by atoms with Crippen molar-refractivity contribution in [2.45, 2.75) is 19.6 Å². The number of hydrogen-bond donors (Lipinski definition) is 1. The smallest absolute Gasteiger partial charge is 0.337 e. The van der Waals surface area contributed by atoms with Gasteiger partial charge in [-0.2, -0.15) is 0 Å². The SMILES string of the molecule is COC(=O)c1cccc(OC[C@@H](O)Cn2c(C)nc3ccccc32)c1. The average molecular weight is 340 g/mol. The molecule has 1 N–H and O–H groups in total. The molecule has 6 nitrogen and oxygen atoms in total. The van der Waals surface area contributed by atoms with Gasteiger partial charge in [0.25, 0.3) is 0 Å². The molecule has 0 saturated carbocycles. The summed E-state index contributed by atoms with van der Waals surface area (Å²) < 4.78 is 12.3. The molecule has 3 aromatic rings. The molecule has 1 atom stereocenters. The van der Waals surface area contributed by atoms with Crippen molar-refractivity contribution in [1.82, 2.24) is 9.55 Å². The van der Waals surface area contributed by atoms with Crippen LogP contribution in [0.3, 0.4) is 0 Å². The minimum atomic E-state index is -0.710. The number of nitrogens with zero attached hydrogens (tertiary/aromatic N) is 2. The van der Waals surface area contributed by atoms with E-state index in [9.17, 15) is 9.90 Å². The van der Waals surface area contributed by atoms with Gasteiger partial charge in [-0.05, 0) is 37.3 Å². The fraction of sp³-hybridized carbons (Fsp3) is 0.263.